The van der Waals surface area contributed by atoms with Crippen LogP contribution in [0.4, 0.5) is 0 Å². The molecule has 0 amide bonds. The van der Waals surface area contributed by atoms with E-state index in [-0.39, 0.29) is 25.8 Å². The molecule has 2 aliphatic rings. The first-order valence-electron chi connectivity index (χ1n) is 12.5. The van der Waals surface area contributed by atoms with E-state index in [0.717, 1.165) is 25.7 Å². The molecule has 0 spiro atoms. The van der Waals surface area contributed by atoms with Crippen LogP contribution in [0.25, 0.3) is 22.3 Å². The van der Waals surface area contributed by atoms with Gasteiger partial charge in [-0.2, -0.15) is 72.5 Å². The molecule has 6 rings (SSSR count). The van der Waals surface area contributed by atoms with Crippen molar-refractivity contribution in [3.63, 3.8) is 0 Å². The van der Waals surface area contributed by atoms with E-state index in [2.05, 4.69) is 113 Å². The second kappa shape index (κ2) is 15.7. The average molecular weight is 490 g/mol. The minimum absolute atomic E-state index is 0. The fraction of sp³-hybridized carbons (Fsp3) is 0.235. The Labute approximate surface area is 232 Å². The third kappa shape index (κ3) is 7.87. The average Bonchev–Trinajstić information content (AvgIpc) is 3.48. The molecule has 2 aliphatic carbocycles. The van der Waals surface area contributed by atoms with Crippen molar-refractivity contribution in [2.75, 3.05) is 0 Å². The largest absolute Gasteiger partial charge is 0.343 e. The molecule has 0 aliphatic heterocycles. The summed E-state index contributed by atoms with van der Waals surface area (Å²) in [6.45, 7) is 11.4. The van der Waals surface area contributed by atoms with Gasteiger partial charge in [-0.25, -0.2) is 0 Å². The first-order chi connectivity index (χ1) is 16.7. The molecule has 4 aromatic carbocycles. The summed E-state index contributed by atoms with van der Waals surface area (Å²) in [4.78, 5) is 0. The predicted molar refractivity (Wildman–Crippen MR) is 148 cm³/mol. The maximum absolute atomic E-state index is 3.60. The van der Waals surface area contributed by atoms with Crippen LogP contribution in [-0.2, 0) is 38.7 Å². The van der Waals surface area contributed by atoms with Crippen LogP contribution >= 0.6 is 0 Å². The Morgan fingerprint density at radius 1 is 0.571 bits per heavy atom. The van der Waals surface area contributed by atoms with E-state index in [0.29, 0.717) is 0 Å². The summed E-state index contributed by atoms with van der Waals surface area (Å²) in [6.07, 6.45) is 6.65. The summed E-state index contributed by atoms with van der Waals surface area (Å²) in [5, 5.41) is 0. The number of hydrogen-bond donors (Lipinski definition) is 0. The Morgan fingerprint density at radius 2 is 0.914 bits per heavy atom. The number of fused-ring (bicyclic) bond motifs is 6. The molecule has 0 aromatic heterocycles. The quantitative estimate of drug-likeness (QED) is 0.213. The van der Waals surface area contributed by atoms with Gasteiger partial charge in [-0.3, -0.25) is 0 Å². The molecule has 0 nitrogen and oxygen atoms in total. The number of benzene rings is 4. The van der Waals surface area contributed by atoms with Crippen LogP contribution in [-0.4, -0.2) is 0 Å². The molecule has 35 heavy (non-hydrogen) atoms. The summed E-state index contributed by atoms with van der Waals surface area (Å²) in [6, 6.07) is 36.2. The number of hydrogen-bond acceptors (Lipinski definition) is 0. The van der Waals surface area contributed by atoms with E-state index in [9.17, 15) is 0 Å². The van der Waals surface area contributed by atoms with Crippen LogP contribution in [0.3, 0.4) is 0 Å². The molecule has 1 radical (unpaired) electrons. The molecular formula is C34H36Sc-4. The molecule has 0 atom stereocenters. The second-order valence-electron chi connectivity index (χ2n) is 8.50. The Morgan fingerprint density at radius 3 is 1.29 bits per heavy atom. The van der Waals surface area contributed by atoms with Gasteiger partial charge in [0.1, 0.15) is 0 Å². The Bertz CT molecular complexity index is 974. The minimum atomic E-state index is 0. The molecule has 0 bridgehead atoms. The van der Waals surface area contributed by atoms with E-state index in [1.165, 1.54) is 57.3 Å². The van der Waals surface area contributed by atoms with Crippen molar-refractivity contribution in [3.05, 3.63) is 133 Å². The summed E-state index contributed by atoms with van der Waals surface area (Å²) in [5.74, 6) is 0. The van der Waals surface area contributed by atoms with Crippen LogP contribution in [0.15, 0.2) is 84.9 Å². The van der Waals surface area contributed by atoms with Gasteiger partial charge in [0.2, 0.25) is 0 Å². The van der Waals surface area contributed by atoms with Gasteiger partial charge in [-0.15, -0.1) is 11.1 Å². The zero-order chi connectivity index (χ0) is 24.2. The first kappa shape index (κ1) is 29.0. The van der Waals surface area contributed by atoms with Crippen molar-refractivity contribution in [1.29, 1.82) is 0 Å². The van der Waals surface area contributed by atoms with Gasteiger partial charge in [-0.05, 0) is 12.8 Å². The van der Waals surface area contributed by atoms with Gasteiger partial charge in [0, 0.05) is 25.8 Å². The monoisotopic (exact) mass is 489 g/mol. The molecule has 0 saturated heterocycles. The minimum Gasteiger partial charge on any atom is -0.343 e. The molecule has 0 N–H and O–H groups in total. The summed E-state index contributed by atoms with van der Waals surface area (Å²) < 4.78 is 0. The van der Waals surface area contributed by atoms with Gasteiger partial charge in [0.25, 0.3) is 0 Å². The van der Waals surface area contributed by atoms with Crippen molar-refractivity contribution in [2.24, 2.45) is 0 Å². The molecule has 0 fully saturated rings. The van der Waals surface area contributed by atoms with Gasteiger partial charge < -0.3 is 13.8 Å². The smallest absolute Gasteiger partial charge is 0 e. The fourth-order valence-electron chi connectivity index (χ4n) is 4.00. The van der Waals surface area contributed by atoms with Crippen LogP contribution < -0.4 is 0 Å². The Kier molecular flexibility index (Phi) is 13.0. The summed E-state index contributed by atoms with van der Waals surface area (Å²) in [7, 11) is 0. The van der Waals surface area contributed by atoms with Crippen molar-refractivity contribution < 1.29 is 25.8 Å². The van der Waals surface area contributed by atoms with Crippen LogP contribution in [0.2, 0.25) is 0 Å². The van der Waals surface area contributed by atoms with Crippen molar-refractivity contribution in [1.82, 2.24) is 0 Å². The van der Waals surface area contributed by atoms with E-state index >= 15 is 0 Å². The van der Waals surface area contributed by atoms with Crippen molar-refractivity contribution in [3.8, 4) is 22.3 Å². The SMILES string of the molecule is [CH2-]CCC.[CH2-]CCC.[Sc].[c-]1cccc2c1Cc1ccccc1-2.[c-]1cccc2c1Cc1ccccc1-2. The third-order valence-electron chi connectivity index (χ3n) is 5.94. The summed E-state index contributed by atoms with van der Waals surface area (Å²) in [5.41, 5.74) is 11.0. The third-order valence-corrected chi connectivity index (χ3v) is 5.94. The maximum Gasteiger partial charge on any atom is 0 e. The van der Waals surface area contributed by atoms with E-state index in [1.54, 1.807) is 0 Å². The van der Waals surface area contributed by atoms with Gasteiger partial charge >= 0.3 is 0 Å². The maximum atomic E-state index is 3.60. The first-order valence-corrected chi connectivity index (χ1v) is 12.5. The molecule has 0 unspecified atom stereocenters. The van der Waals surface area contributed by atoms with Gasteiger partial charge in [0.15, 0.2) is 0 Å². The van der Waals surface area contributed by atoms with E-state index < -0.39 is 0 Å². The van der Waals surface area contributed by atoms with E-state index in [4.69, 9.17) is 0 Å². The van der Waals surface area contributed by atoms with Gasteiger partial charge in [-0.1, -0.05) is 97.5 Å². The van der Waals surface area contributed by atoms with Crippen molar-refractivity contribution >= 4 is 0 Å². The zero-order valence-corrected chi connectivity index (χ0v) is 23.1. The van der Waals surface area contributed by atoms with Gasteiger partial charge in [0.05, 0.1) is 0 Å². The zero-order valence-electron chi connectivity index (χ0n) is 21.3. The van der Waals surface area contributed by atoms with Crippen LogP contribution in [0.1, 0.15) is 61.8 Å². The Balaban J connectivity index is 0.000000187. The molecule has 1 heteroatoms. The normalized spacial score (nSPS) is 10.9. The molecule has 179 valence electrons. The van der Waals surface area contributed by atoms with Crippen molar-refractivity contribution in [2.45, 2.75) is 52.4 Å². The summed E-state index contributed by atoms with van der Waals surface area (Å²) >= 11 is 0. The van der Waals surface area contributed by atoms with Crippen LogP contribution in [0.5, 0.6) is 0 Å². The predicted octanol–water partition coefficient (Wildman–Crippen LogP) is 9.35. The molecule has 0 saturated carbocycles. The fourth-order valence-corrected chi connectivity index (χ4v) is 4.00. The van der Waals surface area contributed by atoms with E-state index in [1.807, 2.05) is 12.1 Å². The Hall–Kier alpha value is -2.25. The number of unbranched alkanes of at least 4 members (excludes halogenated alkanes) is 2. The molecule has 0 heterocycles. The second-order valence-corrected chi connectivity index (χ2v) is 8.50. The standard InChI is InChI=1S/2C13H9.2C4H9.Sc/c2*1-3-7-12-10(5-1)9-11-6-2-4-8-13(11)12;2*1-3-4-2;/h2*1-5,7-8H,9H2;2*1,3-4H2,2H3;/q4*-1;. The topological polar surface area (TPSA) is 0 Å². The molecular weight excluding hydrogens is 453 g/mol. The molecule has 4 aromatic rings. The number of rotatable bonds is 2. The van der Waals surface area contributed by atoms with Crippen LogP contribution in [0, 0.1) is 26.0 Å².